The summed E-state index contributed by atoms with van der Waals surface area (Å²) in [6.07, 6.45) is 0.920. The van der Waals surface area contributed by atoms with Crippen molar-refractivity contribution in [2.75, 3.05) is 19.0 Å². The van der Waals surface area contributed by atoms with Gasteiger partial charge in [0.25, 0.3) is 0 Å². The smallest absolute Gasteiger partial charge is 0.208 e. The highest BCUT2D eigenvalue weighted by atomic mass is 79.9. The molecule has 0 fully saturated rings. The Kier molecular flexibility index (Phi) is 6.04. The van der Waals surface area contributed by atoms with E-state index in [9.17, 15) is 0 Å². The van der Waals surface area contributed by atoms with E-state index in [-0.39, 0.29) is 11.3 Å². The molecule has 0 aliphatic rings. The van der Waals surface area contributed by atoms with E-state index in [0.29, 0.717) is 0 Å². The summed E-state index contributed by atoms with van der Waals surface area (Å²) in [4.78, 5) is 1.97. The van der Waals surface area contributed by atoms with Crippen molar-refractivity contribution < 1.29 is 0 Å². The van der Waals surface area contributed by atoms with Gasteiger partial charge in [-0.15, -0.1) is 10.2 Å². The Morgan fingerprint density at radius 1 is 1.38 bits per heavy atom. The number of hydrogen-bond donors (Lipinski definition) is 1. The molecule has 1 aromatic carbocycles. The summed E-state index contributed by atoms with van der Waals surface area (Å²) in [5.74, 6) is 0. The molecule has 4 nitrogen and oxygen atoms in total. The van der Waals surface area contributed by atoms with E-state index in [1.165, 1.54) is 5.56 Å². The van der Waals surface area contributed by atoms with Gasteiger partial charge in [0.15, 0.2) is 4.34 Å². The third-order valence-electron chi connectivity index (χ3n) is 3.04. The molecule has 1 heterocycles. The lowest BCUT2D eigenvalue weighted by atomic mass is 10.0. The van der Waals surface area contributed by atoms with Crippen LogP contribution in [-0.2, 0) is 0 Å². The van der Waals surface area contributed by atoms with Gasteiger partial charge >= 0.3 is 0 Å². The van der Waals surface area contributed by atoms with Crippen LogP contribution in [0.5, 0.6) is 0 Å². The molecule has 0 amide bonds. The first-order valence-electron chi connectivity index (χ1n) is 6.69. The number of halogens is 1. The van der Waals surface area contributed by atoms with E-state index >= 15 is 0 Å². The molecule has 0 aliphatic carbocycles. The molecule has 2 rings (SSSR count). The van der Waals surface area contributed by atoms with Crippen molar-refractivity contribution in [3.05, 3.63) is 34.3 Å². The fourth-order valence-electron chi connectivity index (χ4n) is 1.84. The van der Waals surface area contributed by atoms with E-state index < -0.39 is 0 Å². The van der Waals surface area contributed by atoms with Crippen molar-refractivity contribution in [2.45, 2.75) is 29.0 Å². The number of nitrogens with two attached hydrogens (primary N) is 1. The first kappa shape index (κ1) is 16.7. The SMILES string of the molecule is CCC(N)C(Sc1nnc(N(C)C)s1)c1cccc(Br)c1. The minimum atomic E-state index is 0.0796. The van der Waals surface area contributed by atoms with Crippen LogP contribution in [0, 0.1) is 0 Å². The molecule has 7 heteroatoms. The number of thioether (sulfide) groups is 1. The predicted molar refractivity (Wildman–Crippen MR) is 95.2 cm³/mol. The van der Waals surface area contributed by atoms with Crippen molar-refractivity contribution in [2.24, 2.45) is 5.73 Å². The lowest BCUT2D eigenvalue weighted by molar-refractivity contribution is 0.633. The average Bonchev–Trinajstić information content (AvgIpc) is 2.93. The molecule has 0 saturated carbocycles. The molecule has 2 aromatic rings. The predicted octanol–water partition coefficient (Wildman–Crippen LogP) is 3.94. The molecule has 0 spiro atoms. The van der Waals surface area contributed by atoms with Crippen molar-refractivity contribution in [3.63, 3.8) is 0 Å². The lowest BCUT2D eigenvalue weighted by Crippen LogP contribution is -2.25. The number of benzene rings is 1. The van der Waals surface area contributed by atoms with Gasteiger partial charge in [-0.1, -0.05) is 58.1 Å². The number of rotatable bonds is 6. The summed E-state index contributed by atoms with van der Waals surface area (Å²) in [6, 6.07) is 8.39. The molecule has 0 saturated heterocycles. The van der Waals surface area contributed by atoms with Gasteiger partial charge in [-0.25, -0.2) is 0 Å². The van der Waals surface area contributed by atoms with Crippen molar-refractivity contribution in [1.29, 1.82) is 0 Å². The van der Waals surface area contributed by atoms with Crippen LogP contribution in [0.4, 0.5) is 5.13 Å². The highest BCUT2D eigenvalue weighted by Gasteiger charge is 2.22. The van der Waals surface area contributed by atoms with Crippen LogP contribution in [0.15, 0.2) is 33.1 Å². The van der Waals surface area contributed by atoms with Crippen molar-refractivity contribution in [3.8, 4) is 0 Å². The molecular weight excluding hydrogens is 368 g/mol. The second-order valence-corrected chi connectivity index (χ2v) is 8.17. The molecule has 2 N–H and O–H groups in total. The Labute approximate surface area is 142 Å². The van der Waals surface area contributed by atoms with Gasteiger partial charge in [0.2, 0.25) is 5.13 Å². The molecule has 2 atom stereocenters. The standard InChI is InChI=1S/C14H19BrN4S2/c1-4-11(16)12(9-6-5-7-10(15)8-9)20-14-18-17-13(21-14)19(2)3/h5-8,11-12H,4,16H2,1-3H3. The lowest BCUT2D eigenvalue weighted by Gasteiger charge is -2.21. The molecule has 21 heavy (non-hydrogen) atoms. The monoisotopic (exact) mass is 386 g/mol. The molecule has 2 unspecified atom stereocenters. The molecular formula is C14H19BrN4S2. The van der Waals surface area contributed by atoms with Crippen molar-refractivity contribution in [1.82, 2.24) is 10.2 Å². The largest absolute Gasteiger partial charge is 0.353 e. The molecule has 0 bridgehead atoms. The van der Waals surface area contributed by atoms with E-state index in [4.69, 9.17) is 5.73 Å². The Hall–Kier alpha value is -0.630. The van der Waals surface area contributed by atoms with Gasteiger partial charge in [-0.3, -0.25) is 0 Å². The fraction of sp³-hybridized carbons (Fsp3) is 0.429. The summed E-state index contributed by atoms with van der Waals surface area (Å²) in [7, 11) is 3.94. The van der Waals surface area contributed by atoms with E-state index in [2.05, 4.69) is 45.2 Å². The highest BCUT2D eigenvalue weighted by Crippen LogP contribution is 2.41. The third-order valence-corrected chi connectivity index (χ3v) is 6.12. The number of hydrogen-bond acceptors (Lipinski definition) is 6. The van der Waals surface area contributed by atoms with Crippen LogP contribution in [0.2, 0.25) is 0 Å². The first-order chi connectivity index (χ1) is 10.0. The van der Waals surface area contributed by atoms with Gasteiger partial charge in [0.05, 0.1) is 5.25 Å². The van der Waals surface area contributed by atoms with Crippen LogP contribution in [0.1, 0.15) is 24.2 Å². The van der Waals surface area contributed by atoms with Gasteiger partial charge in [-0.2, -0.15) is 0 Å². The molecule has 1 aromatic heterocycles. The van der Waals surface area contributed by atoms with Crippen molar-refractivity contribution >= 4 is 44.2 Å². The minimum Gasteiger partial charge on any atom is -0.353 e. The van der Waals surface area contributed by atoms with Crippen LogP contribution in [0.3, 0.4) is 0 Å². The molecule has 114 valence electrons. The van der Waals surface area contributed by atoms with Crippen LogP contribution >= 0.6 is 39.0 Å². The Morgan fingerprint density at radius 2 is 2.14 bits per heavy atom. The first-order valence-corrected chi connectivity index (χ1v) is 9.18. The molecule has 0 aliphatic heterocycles. The van der Waals surface area contributed by atoms with Gasteiger partial charge in [0.1, 0.15) is 0 Å². The topological polar surface area (TPSA) is 55.0 Å². The molecule has 0 radical (unpaired) electrons. The number of nitrogens with zero attached hydrogens (tertiary/aromatic N) is 3. The Morgan fingerprint density at radius 3 is 2.71 bits per heavy atom. The maximum Gasteiger partial charge on any atom is 0.208 e. The summed E-state index contributed by atoms with van der Waals surface area (Å²) >= 11 is 6.82. The zero-order valence-electron chi connectivity index (χ0n) is 12.3. The van der Waals surface area contributed by atoms with Crippen LogP contribution < -0.4 is 10.6 Å². The van der Waals surface area contributed by atoms with E-state index in [0.717, 1.165) is 20.4 Å². The van der Waals surface area contributed by atoms with Crippen LogP contribution in [0.25, 0.3) is 0 Å². The second kappa shape index (κ2) is 7.58. The van der Waals surface area contributed by atoms with E-state index in [1.54, 1.807) is 23.1 Å². The number of anilines is 1. The zero-order chi connectivity index (χ0) is 15.4. The third kappa shape index (κ3) is 4.42. The Bertz CT molecular complexity index is 588. The van der Waals surface area contributed by atoms with Gasteiger partial charge in [-0.05, 0) is 24.1 Å². The quantitative estimate of drug-likeness (QED) is 0.761. The second-order valence-electron chi connectivity index (χ2n) is 4.91. The fourth-order valence-corrected chi connectivity index (χ4v) is 4.44. The maximum absolute atomic E-state index is 6.32. The average molecular weight is 387 g/mol. The number of aromatic nitrogens is 2. The maximum atomic E-state index is 6.32. The zero-order valence-corrected chi connectivity index (χ0v) is 15.5. The van der Waals surface area contributed by atoms with Gasteiger partial charge in [0, 0.05) is 24.6 Å². The summed E-state index contributed by atoms with van der Waals surface area (Å²) in [5.41, 5.74) is 7.54. The van der Waals surface area contributed by atoms with Gasteiger partial charge < -0.3 is 10.6 Å². The summed E-state index contributed by atoms with van der Waals surface area (Å²) < 4.78 is 2.02. The summed E-state index contributed by atoms with van der Waals surface area (Å²) in [6.45, 7) is 2.11. The summed E-state index contributed by atoms with van der Waals surface area (Å²) in [5, 5.41) is 9.54. The highest BCUT2D eigenvalue weighted by molar-refractivity contribution is 9.10. The normalized spacial score (nSPS) is 14.0. The minimum absolute atomic E-state index is 0.0796. The Balaban J connectivity index is 2.24. The van der Waals surface area contributed by atoms with E-state index in [1.807, 2.05) is 31.1 Å². The van der Waals surface area contributed by atoms with Crippen LogP contribution in [-0.4, -0.2) is 30.3 Å².